The number of hydrogen-bond acceptors (Lipinski definition) is 7. The minimum absolute atomic E-state index is 0.110. The van der Waals surface area contributed by atoms with Gasteiger partial charge in [0.25, 0.3) is 0 Å². The lowest BCUT2D eigenvalue weighted by Gasteiger charge is -2.10. The summed E-state index contributed by atoms with van der Waals surface area (Å²) in [6.45, 7) is 0.278. The molecule has 3 rings (SSSR count). The summed E-state index contributed by atoms with van der Waals surface area (Å²) in [4.78, 5) is 21.1. The Bertz CT molecular complexity index is 868. The molecule has 0 spiro atoms. The Morgan fingerprint density at radius 2 is 1.96 bits per heavy atom. The van der Waals surface area contributed by atoms with E-state index in [0.717, 1.165) is 15.2 Å². The topological polar surface area (TPSA) is 61.3 Å². The molecule has 25 heavy (non-hydrogen) atoms. The van der Waals surface area contributed by atoms with E-state index < -0.39 is 0 Å². The summed E-state index contributed by atoms with van der Waals surface area (Å²) >= 11 is 14.8. The lowest BCUT2D eigenvalue weighted by molar-refractivity contribution is -0.141. The molecule has 0 saturated heterocycles. The quantitative estimate of drug-likeness (QED) is 0.241. The van der Waals surface area contributed by atoms with Gasteiger partial charge in [-0.15, -0.1) is 11.3 Å². The van der Waals surface area contributed by atoms with E-state index in [0.29, 0.717) is 15.8 Å². The molecular weight excluding hydrogens is 403 g/mol. The number of thioether (sulfide) groups is 1. The van der Waals surface area contributed by atoms with Gasteiger partial charge in [0.1, 0.15) is 29.4 Å². The van der Waals surface area contributed by atoms with Gasteiger partial charge in [-0.05, 0) is 23.6 Å². The lowest BCUT2D eigenvalue weighted by Crippen LogP contribution is -2.14. The smallest absolute Gasteiger partial charge is 0.316 e. The Labute approximate surface area is 162 Å². The largest absolute Gasteiger partial charge is 0.487 e. The van der Waals surface area contributed by atoms with E-state index in [1.807, 2.05) is 11.4 Å². The second-order valence-corrected chi connectivity index (χ2v) is 7.40. The number of esters is 1. The standard InChI is InChI=1S/C16H12Cl2N2O3S2/c17-11-2-1-3-12(18)14(11)23-6-5-22-13(21)8-25-16-10-4-7-24-15(10)19-9-20-16/h1-4,7,9H,5-6,8H2. The third-order valence-electron chi connectivity index (χ3n) is 3.06. The molecule has 0 aliphatic rings. The summed E-state index contributed by atoms with van der Waals surface area (Å²) in [7, 11) is 0. The second kappa shape index (κ2) is 8.71. The van der Waals surface area contributed by atoms with Crippen LogP contribution < -0.4 is 4.74 Å². The highest BCUT2D eigenvalue weighted by atomic mass is 35.5. The number of benzene rings is 1. The Balaban J connectivity index is 1.43. The fraction of sp³-hybridized carbons (Fsp3) is 0.188. The van der Waals surface area contributed by atoms with Crippen LogP contribution in [0, 0.1) is 0 Å². The van der Waals surface area contributed by atoms with Gasteiger partial charge in [0.2, 0.25) is 0 Å². The van der Waals surface area contributed by atoms with Crippen molar-refractivity contribution >= 4 is 62.5 Å². The highest BCUT2D eigenvalue weighted by Gasteiger charge is 2.10. The molecule has 0 saturated carbocycles. The van der Waals surface area contributed by atoms with Crippen LogP contribution in [0.2, 0.25) is 10.0 Å². The summed E-state index contributed by atoms with van der Waals surface area (Å²) < 4.78 is 10.6. The van der Waals surface area contributed by atoms with Crippen LogP contribution in [0.4, 0.5) is 0 Å². The summed E-state index contributed by atoms with van der Waals surface area (Å²) in [6, 6.07) is 7.03. The zero-order valence-corrected chi connectivity index (χ0v) is 15.9. The van der Waals surface area contributed by atoms with Crippen LogP contribution in [0.15, 0.2) is 41.0 Å². The van der Waals surface area contributed by atoms with Gasteiger partial charge >= 0.3 is 5.97 Å². The minimum Gasteiger partial charge on any atom is -0.487 e. The van der Waals surface area contributed by atoms with E-state index in [1.54, 1.807) is 18.2 Å². The highest BCUT2D eigenvalue weighted by Crippen LogP contribution is 2.32. The van der Waals surface area contributed by atoms with Crippen molar-refractivity contribution < 1.29 is 14.3 Å². The molecule has 9 heteroatoms. The van der Waals surface area contributed by atoms with Gasteiger partial charge in [-0.2, -0.15) is 0 Å². The molecule has 0 radical (unpaired) electrons. The number of ether oxygens (including phenoxy) is 2. The minimum atomic E-state index is -0.346. The molecule has 2 aromatic heterocycles. The van der Waals surface area contributed by atoms with Crippen molar-refractivity contribution in [3.63, 3.8) is 0 Å². The molecular formula is C16H12Cl2N2O3S2. The second-order valence-electron chi connectivity index (χ2n) is 4.73. The molecule has 0 N–H and O–H groups in total. The van der Waals surface area contributed by atoms with E-state index >= 15 is 0 Å². The van der Waals surface area contributed by atoms with Crippen molar-refractivity contribution in [1.82, 2.24) is 9.97 Å². The van der Waals surface area contributed by atoms with E-state index in [2.05, 4.69) is 9.97 Å². The molecule has 2 heterocycles. The predicted octanol–water partition coefficient (Wildman–Crippen LogP) is 4.71. The number of carbonyl (C=O) groups is 1. The van der Waals surface area contributed by atoms with Gasteiger partial charge in [0.05, 0.1) is 15.8 Å². The number of para-hydroxylation sites is 1. The van der Waals surface area contributed by atoms with E-state index in [-0.39, 0.29) is 24.9 Å². The Hall–Kier alpha value is -1.54. The van der Waals surface area contributed by atoms with Crippen molar-refractivity contribution in [3.05, 3.63) is 46.0 Å². The maximum atomic E-state index is 11.8. The normalized spacial score (nSPS) is 10.8. The number of carbonyl (C=O) groups excluding carboxylic acids is 1. The Morgan fingerprint density at radius 3 is 2.76 bits per heavy atom. The highest BCUT2D eigenvalue weighted by molar-refractivity contribution is 8.00. The monoisotopic (exact) mass is 414 g/mol. The van der Waals surface area contributed by atoms with Crippen LogP contribution in [0.3, 0.4) is 0 Å². The Kier molecular flexibility index (Phi) is 6.36. The van der Waals surface area contributed by atoms with Crippen LogP contribution in [0.5, 0.6) is 5.75 Å². The summed E-state index contributed by atoms with van der Waals surface area (Å²) in [6.07, 6.45) is 1.49. The molecule has 0 fully saturated rings. The molecule has 5 nitrogen and oxygen atoms in total. The van der Waals surface area contributed by atoms with Gasteiger partial charge in [-0.25, -0.2) is 9.97 Å². The fourth-order valence-corrected chi connectivity index (χ4v) is 4.05. The molecule has 1 aromatic carbocycles. The average molecular weight is 415 g/mol. The van der Waals surface area contributed by atoms with Crippen LogP contribution in [0.25, 0.3) is 10.2 Å². The number of aromatic nitrogens is 2. The summed E-state index contributed by atoms with van der Waals surface area (Å²) in [5.41, 5.74) is 0. The number of rotatable bonds is 7. The molecule has 0 unspecified atom stereocenters. The van der Waals surface area contributed by atoms with E-state index in [1.165, 1.54) is 29.4 Å². The number of halogens is 2. The molecule has 3 aromatic rings. The van der Waals surface area contributed by atoms with Crippen molar-refractivity contribution in [1.29, 1.82) is 0 Å². The summed E-state index contributed by atoms with van der Waals surface area (Å²) in [5.74, 6) is 0.201. The number of nitrogens with zero attached hydrogens (tertiary/aromatic N) is 2. The number of hydrogen-bond donors (Lipinski definition) is 0. The summed E-state index contributed by atoms with van der Waals surface area (Å²) in [5, 5.41) is 4.49. The SMILES string of the molecule is O=C(CSc1ncnc2sccc12)OCCOc1c(Cl)cccc1Cl. The first-order valence-corrected chi connectivity index (χ1v) is 9.80. The van der Waals surface area contributed by atoms with Crippen molar-refractivity contribution in [2.24, 2.45) is 0 Å². The third-order valence-corrected chi connectivity index (χ3v) is 5.46. The maximum Gasteiger partial charge on any atom is 0.316 e. The van der Waals surface area contributed by atoms with Crippen molar-refractivity contribution in [3.8, 4) is 5.75 Å². The van der Waals surface area contributed by atoms with Gasteiger partial charge in [0.15, 0.2) is 5.75 Å². The molecule has 0 atom stereocenters. The van der Waals surface area contributed by atoms with E-state index in [9.17, 15) is 4.79 Å². The van der Waals surface area contributed by atoms with Gasteiger partial charge < -0.3 is 9.47 Å². The molecule has 130 valence electrons. The molecule has 0 aliphatic heterocycles. The molecule has 0 bridgehead atoms. The first kappa shape index (κ1) is 18.3. The zero-order valence-electron chi connectivity index (χ0n) is 12.8. The number of fused-ring (bicyclic) bond motifs is 1. The van der Waals surface area contributed by atoms with Crippen molar-refractivity contribution in [2.75, 3.05) is 19.0 Å². The van der Waals surface area contributed by atoms with Gasteiger partial charge in [0, 0.05) is 5.39 Å². The maximum absolute atomic E-state index is 11.8. The number of thiophene rings is 1. The predicted molar refractivity (Wildman–Crippen MR) is 101 cm³/mol. The molecule has 0 amide bonds. The van der Waals surface area contributed by atoms with Gasteiger partial charge in [-0.3, -0.25) is 4.79 Å². The first-order valence-electron chi connectivity index (χ1n) is 7.18. The molecule has 0 aliphatic carbocycles. The zero-order chi connectivity index (χ0) is 17.6. The van der Waals surface area contributed by atoms with Crippen LogP contribution in [-0.2, 0) is 9.53 Å². The van der Waals surface area contributed by atoms with Crippen LogP contribution >= 0.6 is 46.3 Å². The van der Waals surface area contributed by atoms with Crippen LogP contribution in [-0.4, -0.2) is 34.9 Å². The van der Waals surface area contributed by atoms with E-state index in [4.69, 9.17) is 32.7 Å². The Morgan fingerprint density at radius 1 is 1.16 bits per heavy atom. The van der Waals surface area contributed by atoms with Crippen LogP contribution in [0.1, 0.15) is 0 Å². The van der Waals surface area contributed by atoms with Gasteiger partial charge in [-0.1, -0.05) is 41.0 Å². The fourth-order valence-electron chi connectivity index (χ4n) is 1.97. The van der Waals surface area contributed by atoms with Crippen molar-refractivity contribution in [2.45, 2.75) is 5.03 Å². The first-order chi connectivity index (χ1) is 12.1. The third kappa shape index (κ3) is 4.76. The lowest BCUT2D eigenvalue weighted by atomic mass is 10.3. The average Bonchev–Trinajstić information content (AvgIpc) is 3.08.